The van der Waals surface area contributed by atoms with Crippen LogP contribution in [0.25, 0.3) is 5.76 Å². The number of aliphatic hydroxyl groups is 2. The van der Waals surface area contributed by atoms with E-state index < -0.39 is 29.0 Å². The Balaban J connectivity index is 2.04. The van der Waals surface area contributed by atoms with Gasteiger partial charge in [0.25, 0.3) is 0 Å². The van der Waals surface area contributed by atoms with E-state index >= 15 is 0 Å². The van der Waals surface area contributed by atoms with Crippen molar-refractivity contribution in [2.75, 3.05) is 28.1 Å². The number of hydrogen-bond donors (Lipinski definition) is 2. The van der Waals surface area contributed by atoms with Crippen LogP contribution in [0.4, 0.5) is 0 Å². The first-order valence-corrected chi connectivity index (χ1v) is 12.2. The summed E-state index contributed by atoms with van der Waals surface area (Å²) in [5.74, 6) is -1.83. The Hall–Kier alpha value is -3.72. The molecule has 2 N–H and O–H groups in total. The summed E-state index contributed by atoms with van der Waals surface area (Å²) in [5.41, 5.74) is -1.78. The Bertz CT molecular complexity index is 1240. The standard InChI is InChI=1S/C28H32O9/c1-6-15(7-2)10-19(29)24-25(27(31)35-5)28(32,16-8-9-20(33-3)21(11-16)34-4)18-13-23-22(36-14-37-23)12-17(18)26(24)30/h8-9,11-13,15,25,30,32H,6-7,10,14H2,1-5H3. The van der Waals surface area contributed by atoms with Gasteiger partial charge in [-0.25, -0.2) is 0 Å². The average Bonchev–Trinajstić information content (AvgIpc) is 3.39. The van der Waals surface area contributed by atoms with Gasteiger partial charge in [0.1, 0.15) is 17.3 Å². The van der Waals surface area contributed by atoms with Crippen molar-refractivity contribution in [3.8, 4) is 23.0 Å². The van der Waals surface area contributed by atoms with Crippen molar-refractivity contribution in [2.45, 2.75) is 38.7 Å². The predicted molar refractivity (Wildman–Crippen MR) is 134 cm³/mol. The van der Waals surface area contributed by atoms with Crippen LogP contribution < -0.4 is 18.9 Å². The van der Waals surface area contributed by atoms with Crippen LogP contribution in [0, 0.1) is 11.8 Å². The molecule has 0 bridgehead atoms. The third-order valence-electron chi connectivity index (χ3n) is 7.33. The summed E-state index contributed by atoms with van der Waals surface area (Å²) < 4.78 is 26.9. The minimum Gasteiger partial charge on any atom is -0.507 e. The molecule has 0 radical (unpaired) electrons. The number of aliphatic hydroxyl groups excluding tert-OH is 1. The minimum absolute atomic E-state index is 0.0402. The molecule has 0 amide bonds. The normalized spacial score (nSPS) is 20.0. The fraction of sp³-hybridized carbons (Fsp3) is 0.429. The van der Waals surface area contributed by atoms with Crippen LogP contribution in [0.3, 0.4) is 0 Å². The van der Waals surface area contributed by atoms with Gasteiger partial charge in [-0.15, -0.1) is 0 Å². The summed E-state index contributed by atoms with van der Waals surface area (Å²) in [6.07, 6.45) is 1.59. The second-order valence-electron chi connectivity index (χ2n) is 9.12. The number of fused-ring (bicyclic) bond motifs is 2. The molecule has 9 nitrogen and oxygen atoms in total. The first kappa shape index (κ1) is 26.3. The highest BCUT2D eigenvalue weighted by Gasteiger charge is 2.55. The van der Waals surface area contributed by atoms with Crippen molar-refractivity contribution in [3.63, 3.8) is 0 Å². The number of hydrogen-bond acceptors (Lipinski definition) is 9. The molecule has 2 aliphatic rings. The molecule has 0 aromatic heterocycles. The van der Waals surface area contributed by atoms with E-state index in [1.54, 1.807) is 12.1 Å². The number of benzene rings is 2. The van der Waals surface area contributed by atoms with E-state index in [1.807, 2.05) is 13.8 Å². The number of carbonyl (C=O) groups is 2. The molecule has 1 aliphatic heterocycles. The lowest BCUT2D eigenvalue weighted by Gasteiger charge is -2.41. The molecule has 0 saturated heterocycles. The SMILES string of the molecule is CCC(CC)CC(=O)C1=C(O)c2cc3c(cc2C(O)(c2ccc(OC)c(OC)c2)C1C(=O)OC)OCO3. The van der Waals surface area contributed by atoms with Gasteiger partial charge >= 0.3 is 5.97 Å². The highest BCUT2D eigenvalue weighted by Crippen LogP contribution is 2.53. The molecule has 2 aromatic rings. The quantitative estimate of drug-likeness (QED) is 0.478. The van der Waals surface area contributed by atoms with Crippen LogP contribution in [-0.2, 0) is 19.9 Å². The summed E-state index contributed by atoms with van der Waals surface area (Å²) in [5, 5.41) is 24.0. The largest absolute Gasteiger partial charge is 0.507 e. The van der Waals surface area contributed by atoms with Crippen LogP contribution in [-0.4, -0.2) is 50.1 Å². The molecule has 2 aromatic carbocycles. The molecule has 0 spiro atoms. The first-order chi connectivity index (χ1) is 17.7. The topological polar surface area (TPSA) is 121 Å². The fourth-order valence-electron chi connectivity index (χ4n) is 5.14. The predicted octanol–water partition coefficient (Wildman–Crippen LogP) is 4.14. The van der Waals surface area contributed by atoms with E-state index in [-0.39, 0.29) is 41.4 Å². The van der Waals surface area contributed by atoms with Crippen LogP contribution in [0.5, 0.6) is 23.0 Å². The van der Waals surface area contributed by atoms with Crippen LogP contribution >= 0.6 is 0 Å². The van der Waals surface area contributed by atoms with E-state index in [2.05, 4.69) is 0 Å². The Morgan fingerprint density at radius 1 is 1.03 bits per heavy atom. The van der Waals surface area contributed by atoms with Gasteiger partial charge in [-0.05, 0) is 35.7 Å². The van der Waals surface area contributed by atoms with Crippen LogP contribution in [0.15, 0.2) is 35.9 Å². The van der Waals surface area contributed by atoms with Crippen LogP contribution in [0.2, 0.25) is 0 Å². The molecular weight excluding hydrogens is 480 g/mol. The van der Waals surface area contributed by atoms with Crippen molar-refractivity contribution in [3.05, 3.63) is 52.6 Å². The van der Waals surface area contributed by atoms with Gasteiger partial charge in [-0.1, -0.05) is 32.8 Å². The zero-order valence-corrected chi connectivity index (χ0v) is 21.6. The van der Waals surface area contributed by atoms with Crippen molar-refractivity contribution < 1.29 is 43.5 Å². The van der Waals surface area contributed by atoms with E-state index in [4.69, 9.17) is 23.7 Å². The van der Waals surface area contributed by atoms with Gasteiger partial charge in [-0.3, -0.25) is 9.59 Å². The van der Waals surface area contributed by atoms with Crippen LogP contribution in [0.1, 0.15) is 49.8 Å². The molecule has 37 heavy (non-hydrogen) atoms. The lowest BCUT2D eigenvalue weighted by molar-refractivity contribution is -0.153. The molecule has 1 aliphatic carbocycles. The molecule has 4 rings (SSSR count). The summed E-state index contributed by atoms with van der Waals surface area (Å²) in [6, 6.07) is 7.74. The number of Topliss-reactive ketones (excluding diaryl/α,β-unsaturated/α-hetero) is 1. The number of ether oxygens (including phenoxy) is 5. The van der Waals surface area contributed by atoms with E-state index in [1.165, 1.54) is 39.5 Å². The van der Waals surface area contributed by atoms with Gasteiger partial charge in [0.2, 0.25) is 6.79 Å². The number of rotatable bonds is 9. The summed E-state index contributed by atoms with van der Waals surface area (Å²) in [7, 11) is 4.11. The fourth-order valence-corrected chi connectivity index (χ4v) is 5.14. The van der Waals surface area contributed by atoms with Crippen molar-refractivity contribution >= 4 is 17.5 Å². The zero-order chi connectivity index (χ0) is 26.9. The second-order valence-corrected chi connectivity index (χ2v) is 9.12. The monoisotopic (exact) mass is 512 g/mol. The van der Waals surface area contributed by atoms with Gasteiger partial charge in [0, 0.05) is 17.5 Å². The zero-order valence-electron chi connectivity index (χ0n) is 21.6. The number of methoxy groups -OCH3 is 3. The lowest BCUT2D eigenvalue weighted by atomic mass is 9.65. The Morgan fingerprint density at radius 2 is 1.68 bits per heavy atom. The molecule has 2 unspecified atom stereocenters. The maximum absolute atomic E-state index is 13.7. The van der Waals surface area contributed by atoms with Crippen molar-refractivity contribution in [1.29, 1.82) is 0 Å². The smallest absolute Gasteiger partial charge is 0.317 e. The number of carbonyl (C=O) groups excluding carboxylic acids is 2. The van der Waals surface area contributed by atoms with Gasteiger partial charge in [0.05, 0.1) is 26.9 Å². The van der Waals surface area contributed by atoms with Gasteiger partial charge < -0.3 is 33.9 Å². The van der Waals surface area contributed by atoms with E-state index in [0.717, 1.165) is 12.8 Å². The van der Waals surface area contributed by atoms with E-state index in [0.29, 0.717) is 23.0 Å². The highest BCUT2D eigenvalue weighted by atomic mass is 16.7. The van der Waals surface area contributed by atoms with Crippen molar-refractivity contribution in [2.24, 2.45) is 11.8 Å². The molecule has 198 valence electrons. The van der Waals surface area contributed by atoms with E-state index in [9.17, 15) is 19.8 Å². The molecular formula is C28H32O9. The van der Waals surface area contributed by atoms with Crippen molar-refractivity contribution in [1.82, 2.24) is 0 Å². The average molecular weight is 513 g/mol. The number of ketones is 1. The lowest BCUT2D eigenvalue weighted by Crippen LogP contribution is -2.47. The highest BCUT2D eigenvalue weighted by molar-refractivity contribution is 6.08. The van der Waals surface area contributed by atoms with Gasteiger partial charge in [-0.2, -0.15) is 0 Å². The summed E-state index contributed by atoms with van der Waals surface area (Å²) >= 11 is 0. The first-order valence-electron chi connectivity index (χ1n) is 12.2. The maximum Gasteiger partial charge on any atom is 0.317 e. The maximum atomic E-state index is 13.7. The number of esters is 1. The Labute approximate surface area is 215 Å². The third kappa shape index (κ3) is 4.27. The molecule has 2 atom stereocenters. The second kappa shape index (κ2) is 10.3. The molecule has 0 fully saturated rings. The molecule has 0 saturated carbocycles. The minimum atomic E-state index is -2.13. The molecule has 9 heteroatoms. The van der Waals surface area contributed by atoms with Gasteiger partial charge in [0.15, 0.2) is 28.8 Å². The Kier molecular flexibility index (Phi) is 7.36. The third-order valence-corrected chi connectivity index (χ3v) is 7.33. The summed E-state index contributed by atoms with van der Waals surface area (Å²) in [6.45, 7) is 3.91. The summed E-state index contributed by atoms with van der Waals surface area (Å²) in [4.78, 5) is 27.1. The Morgan fingerprint density at radius 3 is 2.27 bits per heavy atom. The molecule has 1 heterocycles.